The van der Waals surface area contributed by atoms with Gasteiger partial charge in [0.2, 0.25) is 5.88 Å². The summed E-state index contributed by atoms with van der Waals surface area (Å²) in [6.45, 7) is 6.00. The Kier molecular flexibility index (Phi) is 6.42. The van der Waals surface area contributed by atoms with E-state index in [0.29, 0.717) is 28.6 Å². The Morgan fingerprint density at radius 1 is 1.26 bits per heavy atom. The van der Waals surface area contributed by atoms with Gasteiger partial charge >= 0.3 is 0 Å². The van der Waals surface area contributed by atoms with Crippen molar-refractivity contribution < 1.29 is 14.0 Å². The molecule has 1 aromatic heterocycles. The number of pyridine rings is 1. The van der Waals surface area contributed by atoms with Crippen LogP contribution in [0.4, 0.5) is 4.39 Å². The molecule has 0 spiro atoms. The largest absolute Gasteiger partial charge is 0.473 e. The lowest BCUT2D eigenvalue weighted by atomic mass is 9.94. The third kappa shape index (κ3) is 4.64. The molecule has 0 aliphatic carbocycles. The molecule has 1 N–H and O–H groups in total. The summed E-state index contributed by atoms with van der Waals surface area (Å²) in [6, 6.07) is 11.0. The van der Waals surface area contributed by atoms with E-state index in [9.17, 15) is 4.39 Å². The van der Waals surface area contributed by atoms with Crippen molar-refractivity contribution in [1.82, 2.24) is 15.4 Å². The number of rotatable bonds is 7. The van der Waals surface area contributed by atoms with Gasteiger partial charge in [0.1, 0.15) is 12.4 Å². The highest BCUT2D eigenvalue weighted by molar-refractivity contribution is 5.62. The molecule has 27 heavy (non-hydrogen) atoms. The molecule has 5 nitrogen and oxygen atoms in total. The average molecular weight is 371 g/mol. The van der Waals surface area contributed by atoms with Gasteiger partial charge in [-0.25, -0.2) is 9.37 Å². The highest BCUT2D eigenvalue weighted by Gasteiger charge is 2.17. The number of benzene rings is 1. The highest BCUT2D eigenvalue weighted by Crippen LogP contribution is 2.26. The van der Waals surface area contributed by atoms with Crippen molar-refractivity contribution >= 4 is 5.70 Å². The SMILES string of the molecule is C=C(c1cccc(COc2cccc(C3CCNCC3)n2)c1F)N(C)OC. The number of hydroxylamine groups is 2. The van der Waals surface area contributed by atoms with E-state index < -0.39 is 0 Å². The second-order valence-electron chi connectivity index (χ2n) is 6.62. The van der Waals surface area contributed by atoms with Crippen LogP contribution in [0.25, 0.3) is 5.70 Å². The monoisotopic (exact) mass is 371 g/mol. The zero-order chi connectivity index (χ0) is 19.2. The van der Waals surface area contributed by atoms with E-state index in [0.717, 1.165) is 31.6 Å². The number of piperidine rings is 1. The molecule has 144 valence electrons. The lowest BCUT2D eigenvalue weighted by Crippen LogP contribution is -2.27. The van der Waals surface area contributed by atoms with Crippen LogP contribution in [0.5, 0.6) is 5.88 Å². The van der Waals surface area contributed by atoms with E-state index in [2.05, 4.69) is 16.9 Å². The van der Waals surface area contributed by atoms with Crippen LogP contribution in [0, 0.1) is 5.82 Å². The maximum Gasteiger partial charge on any atom is 0.213 e. The van der Waals surface area contributed by atoms with Gasteiger partial charge in [-0.1, -0.05) is 24.8 Å². The summed E-state index contributed by atoms with van der Waals surface area (Å²) in [5.41, 5.74) is 2.32. The minimum Gasteiger partial charge on any atom is -0.473 e. The van der Waals surface area contributed by atoms with Gasteiger partial charge in [0.25, 0.3) is 0 Å². The van der Waals surface area contributed by atoms with Crippen LogP contribution in [0.15, 0.2) is 43.0 Å². The molecule has 0 amide bonds. The van der Waals surface area contributed by atoms with E-state index in [4.69, 9.17) is 9.57 Å². The van der Waals surface area contributed by atoms with Gasteiger partial charge < -0.3 is 10.1 Å². The van der Waals surface area contributed by atoms with Gasteiger partial charge in [-0.05, 0) is 38.1 Å². The topological polar surface area (TPSA) is 46.6 Å². The third-order valence-electron chi connectivity index (χ3n) is 4.92. The summed E-state index contributed by atoms with van der Waals surface area (Å²) in [7, 11) is 3.19. The van der Waals surface area contributed by atoms with E-state index in [1.165, 1.54) is 12.2 Å². The molecule has 1 aliphatic heterocycles. The van der Waals surface area contributed by atoms with Gasteiger partial charge in [0.15, 0.2) is 0 Å². The molecular formula is C21H26FN3O2. The van der Waals surface area contributed by atoms with Crippen LogP contribution in [0.1, 0.15) is 35.6 Å². The van der Waals surface area contributed by atoms with Gasteiger partial charge in [-0.2, -0.15) is 0 Å². The first kappa shape index (κ1) is 19.3. The molecule has 0 atom stereocenters. The van der Waals surface area contributed by atoms with E-state index in [1.807, 2.05) is 18.2 Å². The van der Waals surface area contributed by atoms with Gasteiger partial charge in [0.05, 0.1) is 12.8 Å². The van der Waals surface area contributed by atoms with Crippen LogP contribution in [-0.2, 0) is 11.4 Å². The number of nitrogens with zero attached hydrogens (tertiary/aromatic N) is 2. The van der Waals surface area contributed by atoms with E-state index >= 15 is 0 Å². The summed E-state index contributed by atoms with van der Waals surface area (Å²) in [5.74, 6) is 0.604. The van der Waals surface area contributed by atoms with Crippen molar-refractivity contribution in [2.75, 3.05) is 27.2 Å². The Morgan fingerprint density at radius 2 is 2.00 bits per heavy atom. The van der Waals surface area contributed by atoms with Crippen molar-refractivity contribution in [2.45, 2.75) is 25.4 Å². The Hall–Kier alpha value is -2.44. The minimum atomic E-state index is -0.360. The van der Waals surface area contributed by atoms with Gasteiger partial charge in [0, 0.05) is 35.9 Å². The van der Waals surface area contributed by atoms with Crippen molar-refractivity contribution in [3.63, 3.8) is 0 Å². The van der Waals surface area contributed by atoms with Crippen LogP contribution in [0.2, 0.25) is 0 Å². The second kappa shape index (κ2) is 8.97. The number of halogens is 1. The maximum absolute atomic E-state index is 14.8. The normalized spacial score (nSPS) is 14.8. The fraction of sp³-hybridized carbons (Fsp3) is 0.381. The summed E-state index contributed by atoms with van der Waals surface area (Å²) < 4.78 is 20.6. The number of aromatic nitrogens is 1. The molecule has 2 aromatic rings. The molecule has 0 bridgehead atoms. The predicted molar refractivity (Wildman–Crippen MR) is 104 cm³/mol. The van der Waals surface area contributed by atoms with Crippen molar-refractivity contribution in [1.29, 1.82) is 0 Å². The highest BCUT2D eigenvalue weighted by atomic mass is 19.1. The number of nitrogens with one attached hydrogen (secondary N) is 1. The van der Waals surface area contributed by atoms with Crippen molar-refractivity contribution in [3.8, 4) is 5.88 Å². The molecule has 0 saturated carbocycles. The van der Waals surface area contributed by atoms with Crippen LogP contribution in [-0.4, -0.2) is 37.3 Å². The number of hydrogen-bond acceptors (Lipinski definition) is 5. The van der Waals surface area contributed by atoms with Gasteiger partial charge in [-0.3, -0.25) is 9.90 Å². The van der Waals surface area contributed by atoms with Crippen molar-refractivity contribution in [2.24, 2.45) is 0 Å². The standard InChI is InChI=1S/C21H26FN3O2/c1-15(25(2)26-3)18-7-4-6-17(21(18)22)14-27-20-9-5-8-19(24-20)16-10-12-23-13-11-16/h4-9,16,23H,1,10-14H2,2-3H3. The Bertz CT molecular complexity index is 791. The first-order valence-electron chi connectivity index (χ1n) is 9.15. The molecule has 1 aromatic carbocycles. The molecule has 3 rings (SSSR count). The number of hydrogen-bond donors (Lipinski definition) is 1. The third-order valence-corrected chi connectivity index (χ3v) is 4.92. The zero-order valence-electron chi connectivity index (χ0n) is 15.9. The summed E-state index contributed by atoms with van der Waals surface area (Å²) in [4.78, 5) is 9.70. The second-order valence-corrected chi connectivity index (χ2v) is 6.62. The summed E-state index contributed by atoms with van der Waals surface area (Å²) >= 11 is 0. The zero-order valence-corrected chi connectivity index (χ0v) is 15.9. The fourth-order valence-electron chi connectivity index (χ4n) is 3.20. The molecule has 0 radical (unpaired) electrons. The van der Waals surface area contributed by atoms with Crippen LogP contribution < -0.4 is 10.1 Å². The first-order chi connectivity index (χ1) is 13.1. The Labute approximate surface area is 159 Å². The van der Waals surface area contributed by atoms with Crippen LogP contribution >= 0.6 is 0 Å². The summed E-state index contributed by atoms with van der Waals surface area (Å²) in [6.07, 6.45) is 2.14. The first-order valence-corrected chi connectivity index (χ1v) is 9.15. The van der Waals surface area contributed by atoms with Crippen LogP contribution in [0.3, 0.4) is 0 Å². The van der Waals surface area contributed by atoms with E-state index in [-0.39, 0.29) is 12.4 Å². The van der Waals surface area contributed by atoms with Gasteiger partial charge in [-0.15, -0.1) is 0 Å². The molecule has 0 unspecified atom stereocenters. The lowest BCUT2D eigenvalue weighted by molar-refractivity contribution is -0.0526. The van der Waals surface area contributed by atoms with Crippen molar-refractivity contribution in [3.05, 3.63) is 65.6 Å². The molecule has 1 fully saturated rings. The Balaban J connectivity index is 1.71. The molecule has 6 heteroatoms. The molecule has 1 saturated heterocycles. The quantitative estimate of drug-likeness (QED) is 0.752. The minimum absolute atomic E-state index is 0.103. The smallest absolute Gasteiger partial charge is 0.213 e. The average Bonchev–Trinajstić information content (AvgIpc) is 2.73. The molecular weight excluding hydrogens is 345 g/mol. The number of ether oxygens (including phenoxy) is 1. The molecule has 1 aliphatic rings. The maximum atomic E-state index is 14.8. The predicted octanol–water partition coefficient (Wildman–Crippen LogP) is 3.73. The Morgan fingerprint density at radius 3 is 2.74 bits per heavy atom. The summed E-state index contributed by atoms with van der Waals surface area (Å²) in [5, 5.41) is 4.78. The molecule has 2 heterocycles. The lowest BCUT2D eigenvalue weighted by Gasteiger charge is -2.22. The fourth-order valence-corrected chi connectivity index (χ4v) is 3.20. The van der Waals surface area contributed by atoms with E-state index in [1.54, 1.807) is 25.2 Å².